The maximum absolute atomic E-state index is 10.3. The van der Waals surface area contributed by atoms with Crippen molar-refractivity contribution < 1.29 is 4.79 Å². The molecular weight excluding hydrogens is 142 g/mol. The van der Waals surface area contributed by atoms with E-state index in [1.807, 2.05) is 19.0 Å². The highest BCUT2D eigenvalue weighted by Gasteiger charge is 1.97. The van der Waals surface area contributed by atoms with E-state index in [0.29, 0.717) is 12.0 Å². The molecule has 0 fully saturated rings. The van der Waals surface area contributed by atoms with E-state index >= 15 is 0 Å². The highest BCUT2D eigenvalue weighted by atomic mass is 16.1. The van der Waals surface area contributed by atoms with Crippen LogP contribution in [0.5, 0.6) is 0 Å². The Labute approximate surface area is 64.9 Å². The van der Waals surface area contributed by atoms with Gasteiger partial charge in [0.15, 0.2) is 6.29 Å². The molecule has 0 aliphatic carbocycles. The summed E-state index contributed by atoms with van der Waals surface area (Å²) in [6, 6.07) is 1.63. The third kappa shape index (κ3) is 1.73. The third-order valence-corrected chi connectivity index (χ3v) is 1.25. The largest absolute Gasteiger partial charge is 0.363 e. The fraction of sp³-hybridized carbons (Fsp3) is 0.286. The molecule has 1 rings (SSSR count). The molecule has 11 heavy (non-hydrogen) atoms. The second-order valence-corrected chi connectivity index (χ2v) is 2.31. The van der Waals surface area contributed by atoms with Crippen LogP contribution in [0.2, 0.25) is 0 Å². The fourth-order valence-electron chi connectivity index (χ4n) is 0.671. The molecule has 0 aromatic carbocycles. The monoisotopic (exact) mass is 151 g/mol. The van der Waals surface area contributed by atoms with Crippen LogP contribution >= 0.6 is 0 Å². The highest BCUT2D eigenvalue weighted by Crippen LogP contribution is 2.04. The van der Waals surface area contributed by atoms with Crippen molar-refractivity contribution in [2.45, 2.75) is 0 Å². The molecule has 0 N–H and O–H groups in total. The summed E-state index contributed by atoms with van der Waals surface area (Å²) in [5, 5.41) is 0. The van der Waals surface area contributed by atoms with Gasteiger partial charge in [0.2, 0.25) is 0 Å². The van der Waals surface area contributed by atoms with Crippen LogP contribution < -0.4 is 4.90 Å². The first-order valence-corrected chi connectivity index (χ1v) is 3.18. The molecule has 0 aliphatic rings. The quantitative estimate of drug-likeness (QED) is 0.572. The number of anilines is 1. The third-order valence-electron chi connectivity index (χ3n) is 1.25. The lowest BCUT2D eigenvalue weighted by molar-refractivity contribution is 0.111. The van der Waals surface area contributed by atoms with Gasteiger partial charge in [-0.3, -0.25) is 4.79 Å². The molecule has 0 amide bonds. The zero-order valence-corrected chi connectivity index (χ0v) is 6.48. The SMILES string of the molecule is CN(C)c1cc(C=O)ncn1. The summed E-state index contributed by atoms with van der Waals surface area (Å²) in [7, 11) is 3.72. The topological polar surface area (TPSA) is 46.1 Å². The Morgan fingerprint density at radius 1 is 1.45 bits per heavy atom. The van der Waals surface area contributed by atoms with Gasteiger partial charge in [0.1, 0.15) is 17.8 Å². The maximum atomic E-state index is 10.3. The molecule has 4 heteroatoms. The average Bonchev–Trinajstić information content (AvgIpc) is 2.05. The maximum Gasteiger partial charge on any atom is 0.168 e. The minimum absolute atomic E-state index is 0.406. The van der Waals surface area contributed by atoms with Crippen LogP contribution in [0.25, 0.3) is 0 Å². The lowest BCUT2D eigenvalue weighted by atomic mass is 10.4. The van der Waals surface area contributed by atoms with Crippen molar-refractivity contribution >= 4 is 12.1 Å². The predicted octanol–water partition coefficient (Wildman–Crippen LogP) is 0.355. The molecule has 1 aromatic rings. The Hall–Kier alpha value is -1.45. The van der Waals surface area contributed by atoms with Crippen LogP contribution in [-0.4, -0.2) is 30.3 Å². The van der Waals surface area contributed by atoms with E-state index in [-0.39, 0.29) is 0 Å². The van der Waals surface area contributed by atoms with Gasteiger partial charge in [0.05, 0.1) is 0 Å². The number of aromatic nitrogens is 2. The minimum atomic E-state index is 0.406. The number of rotatable bonds is 2. The van der Waals surface area contributed by atoms with Gasteiger partial charge in [-0.15, -0.1) is 0 Å². The summed E-state index contributed by atoms with van der Waals surface area (Å²) in [4.78, 5) is 19.8. The average molecular weight is 151 g/mol. The van der Waals surface area contributed by atoms with E-state index in [2.05, 4.69) is 9.97 Å². The molecular formula is C7H9N3O. The first-order chi connectivity index (χ1) is 5.24. The molecule has 4 nitrogen and oxygen atoms in total. The van der Waals surface area contributed by atoms with Crippen molar-refractivity contribution in [2.24, 2.45) is 0 Å². The molecule has 0 atom stereocenters. The molecule has 1 heterocycles. The normalized spacial score (nSPS) is 9.27. The molecule has 0 saturated heterocycles. The van der Waals surface area contributed by atoms with Crippen molar-refractivity contribution in [1.82, 2.24) is 9.97 Å². The standard InChI is InChI=1S/C7H9N3O/c1-10(2)7-3-6(4-11)8-5-9-7/h3-5H,1-2H3. The van der Waals surface area contributed by atoms with Crippen LogP contribution in [-0.2, 0) is 0 Å². The number of carbonyl (C=O) groups is 1. The van der Waals surface area contributed by atoms with E-state index in [1.54, 1.807) is 6.07 Å². The Balaban J connectivity index is 3.00. The van der Waals surface area contributed by atoms with Crippen molar-refractivity contribution in [3.05, 3.63) is 18.1 Å². The Bertz CT molecular complexity index is 260. The summed E-state index contributed by atoms with van der Waals surface area (Å²) in [5.41, 5.74) is 0.406. The van der Waals surface area contributed by atoms with Gasteiger partial charge in [-0.1, -0.05) is 0 Å². The summed E-state index contributed by atoms with van der Waals surface area (Å²) in [6.45, 7) is 0. The lowest BCUT2D eigenvalue weighted by Gasteiger charge is -2.09. The van der Waals surface area contributed by atoms with Gasteiger partial charge < -0.3 is 4.90 Å². The van der Waals surface area contributed by atoms with Gasteiger partial charge >= 0.3 is 0 Å². The molecule has 0 bridgehead atoms. The predicted molar refractivity (Wildman–Crippen MR) is 41.7 cm³/mol. The molecule has 0 aliphatic heterocycles. The second kappa shape index (κ2) is 3.09. The summed E-state index contributed by atoms with van der Waals surface area (Å²) >= 11 is 0. The zero-order chi connectivity index (χ0) is 8.27. The van der Waals surface area contributed by atoms with Gasteiger partial charge in [-0.2, -0.15) is 0 Å². The number of aldehydes is 1. The first kappa shape index (κ1) is 7.65. The summed E-state index contributed by atoms with van der Waals surface area (Å²) in [5.74, 6) is 0.738. The van der Waals surface area contributed by atoms with E-state index in [1.165, 1.54) is 6.33 Å². The van der Waals surface area contributed by atoms with Crippen molar-refractivity contribution in [1.29, 1.82) is 0 Å². The second-order valence-electron chi connectivity index (χ2n) is 2.31. The lowest BCUT2D eigenvalue weighted by Crippen LogP contribution is -2.11. The van der Waals surface area contributed by atoms with Crippen LogP contribution in [0.1, 0.15) is 10.5 Å². The van der Waals surface area contributed by atoms with E-state index < -0.39 is 0 Å². The van der Waals surface area contributed by atoms with Crippen LogP contribution in [0, 0.1) is 0 Å². The Kier molecular flexibility index (Phi) is 2.15. The Morgan fingerprint density at radius 3 is 2.73 bits per heavy atom. The van der Waals surface area contributed by atoms with Gasteiger partial charge in [-0.25, -0.2) is 9.97 Å². The van der Waals surface area contributed by atoms with Crippen molar-refractivity contribution in [3.63, 3.8) is 0 Å². The fourth-order valence-corrected chi connectivity index (χ4v) is 0.671. The minimum Gasteiger partial charge on any atom is -0.363 e. The van der Waals surface area contributed by atoms with Crippen molar-refractivity contribution in [2.75, 3.05) is 19.0 Å². The van der Waals surface area contributed by atoms with Gasteiger partial charge in [0.25, 0.3) is 0 Å². The summed E-state index contributed by atoms with van der Waals surface area (Å²) < 4.78 is 0. The molecule has 1 aromatic heterocycles. The molecule has 0 spiro atoms. The number of hydrogen-bond acceptors (Lipinski definition) is 4. The molecule has 0 saturated carbocycles. The smallest absolute Gasteiger partial charge is 0.168 e. The van der Waals surface area contributed by atoms with E-state index in [9.17, 15) is 4.79 Å². The van der Waals surface area contributed by atoms with Gasteiger partial charge in [-0.05, 0) is 0 Å². The van der Waals surface area contributed by atoms with Crippen LogP contribution in [0.4, 0.5) is 5.82 Å². The van der Waals surface area contributed by atoms with Crippen LogP contribution in [0.15, 0.2) is 12.4 Å². The first-order valence-electron chi connectivity index (χ1n) is 3.18. The molecule has 0 unspecified atom stereocenters. The van der Waals surface area contributed by atoms with Crippen molar-refractivity contribution in [3.8, 4) is 0 Å². The number of nitrogens with zero attached hydrogens (tertiary/aromatic N) is 3. The molecule has 58 valence electrons. The number of carbonyl (C=O) groups excluding carboxylic acids is 1. The van der Waals surface area contributed by atoms with E-state index in [4.69, 9.17) is 0 Å². The zero-order valence-electron chi connectivity index (χ0n) is 6.48. The summed E-state index contributed by atoms with van der Waals surface area (Å²) in [6.07, 6.45) is 2.08. The molecule has 0 radical (unpaired) electrons. The Morgan fingerprint density at radius 2 is 2.18 bits per heavy atom. The van der Waals surface area contributed by atoms with Gasteiger partial charge in [0, 0.05) is 20.2 Å². The van der Waals surface area contributed by atoms with E-state index in [0.717, 1.165) is 5.82 Å². The highest BCUT2D eigenvalue weighted by molar-refractivity contribution is 5.73. The van der Waals surface area contributed by atoms with Crippen LogP contribution in [0.3, 0.4) is 0 Å². The number of hydrogen-bond donors (Lipinski definition) is 0.